The molecular weight excluding hydrogens is 444 g/mol. The van der Waals surface area contributed by atoms with Gasteiger partial charge in [-0.3, -0.25) is 4.72 Å². The Morgan fingerprint density at radius 1 is 1.00 bits per heavy atom. The van der Waals surface area contributed by atoms with Gasteiger partial charge >= 0.3 is 10.2 Å². The normalized spacial score (nSPS) is 15.4. The molecule has 1 heterocycles. The Bertz CT molecular complexity index is 1430. The number of nitrogens with one attached hydrogen (secondary N) is 2. The van der Waals surface area contributed by atoms with Crippen LogP contribution in [0.15, 0.2) is 78.9 Å². The lowest BCUT2D eigenvalue weighted by Gasteiger charge is -2.19. The van der Waals surface area contributed by atoms with Crippen LogP contribution in [0, 0.1) is 6.92 Å². The van der Waals surface area contributed by atoms with E-state index < -0.39 is 10.2 Å². The van der Waals surface area contributed by atoms with Crippen LogP contribution in [-0.4, -0.2) is 24.8 Å². The summed E-state index contributed by atoms with van der Waals surface area (Å²) in [5.74, 6) is 0.820. The van der Waals surface area contributed by atoms with Gasteiger partial charge in [0.2, 0.25) is 0 Å². The zero-order chi connectivity index (χ0) is 23.7. The molecule has 0 aliphatic heterocycles. The van der Waals surface area contributed by atoms with Crippen LogP contribution in [0.2, 0.25) is 0 Å². The lowest BCUT2D eigenvalue weighted by atomic mass is 10.1. The third kappa shape index (κ3) is 4.76. The Hall–Kier alpha value is -3.42. The molecule has 174 valence electrons. The molecule has 6 nitrogen and oxygen atoms in total. The zero-order valence-corrected chi connectivity index (χ0v) is 20.1. The van der Waals surface area contributed by atoms with Gasteiger partial charge in [-0.05, 0) is 66.8 Å². The molecule has 0 unspecified atom stereocenters. The number of rotatable bonds is 7. The molecule has 1 aromatic heterocycles. The minimum Gasteiger partial charge on any atom is -0.363 e. The molecule has 0 radical (unpaired) electrons. The summed E-state index contributed by atoms with van der Waals surface area (Å²) < 4.78 is 29.7. The third-order valence-electron chi connectivity index (χ3n) is 6.33. The van der Waals surface area contributed by atoms with E-state index in [0.29, 0.717) is 12.2 Å². The molecule has 2 N–H and O–H groups in total. The molecule has 1 atom stereocenters. The summed E-state index contributed by atoms with van der Waals surface area (Å²) >= 11 is 0. The molecule has 0 saturated carbocycles. The average molecular weight is 473 g/mol. The smallest absolute Gasteiger partial charge is 0.301 e. The van der Waals surface area contributed by atoms with Crippen LogP contribution >= 0.6 is 0 Å². The van der Waals surface area contributed by atoms with Crippen molar-refractivity contribution in [3.05, 3.63) is 101 Å². The fourth-order valence-electron chi connectivity index (χ4n) is 4.42. The highest BCUT2D eigenvalue weighted by atomic mass is 32.2. The highest BCUT2D eigenvalue weighted by Crippen LogP contribution is 2.33. The van der Waals surface area contributed by atoms with Gasteiger partial charge in [-0.15, -0.1) is 0 Å². The van der Waals surface area contributed by atoms with Crippen molar-refractivity contribution in [1.29, 1.82) is 0 Å². The van der Waals surface area contributed by atoms with E-state index in [2.05, 4.69) is 34.3 Å². The maximum absolute atomic E-state index is 12.8. The second-order valence-electron chi connectivity index (χ2n) is 8.89. The largest absolute Gasteiger partial charge is 0.363 e. The molecule has 0 amide bonds. The van der Waals surface area contributed by atoms with Crippen molar-refractivity contribution in [2.75, 3.05) is 17.1 Å². The molecule has 0 bridgehead atoms. The topological polar surface area (TPSA) is 74.3 Å². The summed E-state index contributed by atoms with van der Waals surface area (Å²) in [7, 11) is -2.12. The van der Waals surface area contributed by atoms with Gasteiger partial charge in [0.05, 0.1) is 17.2 Å². The van der Waals surface area contributed by atoms with Gasteiger partial charge in [-0.1, -0.05) is 54.1 Å². The maximum Gasteiger partial charge on any atom is 0.301 e. The van der Waals surface area contributed by atoms with E-state index in [1.165, 1.54) is 15.4 Å². The number of benzene rings is 3. The van der Waals surface area contributed by atoms with Crippen LogP contribution in [0.5, 0.6) is 0 Å². The van der Waals surface area contributed by atoms with Crippen molar-refractivity contribution in [3.8, 4) is 0 Å². The van der Waals surface area contributed by atoms with Crippen molar-refractivity contribution >= 4 is 32.6 Å². The van der Waals surface area contributed by atoms with Crippen molar-refractivity contribution in [3.63, 3.8) is 0 Å². The summed E-state index contributed by atoms with van der Waals surface area (Å²) in [6.45, 7) is 2.30. The van der Waals surface area contributed by atoms with E-state index in [9.17, 15) is 8.42 Å². The Morgan fingerprint density at radius 2 is 1.79 bits per heavy atom. The SMILES string of the molecule is Cc1ccc(CN(C)S(=O)(=O)Nc2ccc3nc(N[C@@H]4CCc5ccccc54)ccc3c2)cc1. The Morgan fingerprint density at radius 3 is 2.62 bits per heavy atom. The number of fused-ring (bicyclic) bond motifs is 2. The molecule has 1 aliphatic rings. The van der Waals surface area contributed by atoms with E-state index in [1.807, 2.05) is 55.5 Å². The van der Waals surface area contributed by atoms with E-state index in [0.717, 1.165) is 40.7 Å². The average Bonchev–Trinajstić information content (AvgIpc) is 3.23. The Kier molecular flexibility index (Phi) is 5.98. The van der Waals surface area contributed by atoms with Gasteiger partial charge in [-0.2, -0.15) is 12.7 Å². The standard InChI is InChI=1S/C27H28N4O2S/c1-19-7-9-20(10-8-19)18-31(2)34(32,33)30-23-13-15-25-22(17-23)12-16-27(28-25)29-26-14-11-21-5-3-4-6-24(21)26/h3-10,12-13,15-17,26,30H,11,14,18H2,1-2H3,(H,28,29)/t26-/m1/s1. The van der Waals surface area contributed by atoms with Crippen LogP contribution in [0.25, 0.3) is 10.9 Å². The number of pyridine rings is 1. The molecule has 0 saturated heterocycles. The molecule has 1 aliphatic carbocycles. The summed E-state index contributed by atoms with van der Waals surface area (Å²) in [6, 6.07) is 26.0. The number of anilines is 2. The van der Waals surface area contributed by atoms with Crippen LogP contribution < -0.4 is 10.0 Å². The lowest BCUT2D eigenvalue weighted by Crippen LogP contribution is -2.32. The molecule has 3 aromatic carbocycles. The zero-order valence-electron chi connectivity index (χ0n) is 19.3. The second kappa shape index (κ2) is 9.08. The minimum absolute atomic E-state index is 0.260. The van der Waals surface area contributed by atoms with Crippen LogP contribution in [-0.2, 0) is 23.2 Å². The molecule has 0 fully saturated rings. The van der Waals surface area contributed by atoms with Gasteiger partial charge in [0.25, 0.3) is 0 Å². The number of hydrogen-bond acceptors (Lipinski definition) is 4. The fraction of sp³-hybridized carbons (Fsp3) is 0.222. The minimum atomic E-state index is -3.69. The van der Waals surface area contributed by atoms with E-state index in [-0.39, 0.29) is 6.04 Å². The molecule has 7 heteroatoms. The number of hydrogen-bond donors (Lipinski definition) is 2. The highest BCUT2D eigenvalue weighted by molar-refractivity contribution is 7.90. The molecule has 0 spiro atoms. The van der Waals surface area contributed by atoms with E-state index in [1.54, 1.807) is 13.1 Å². The summed E-state index contributed by atoms with van der Waals surface area (Å²) in [4.78, 5) is 4.75. The first kappa shape index (κ1) is 22.4. The van der Waals surface area contributed by atoms with Crippen molar-refractivity contribution in [2.24, 2.45) is 0 Å². The summed E-state index contributed by atoms with van der Waals surface area (Å²) in [5.41, 5.74) is 6.13. The second-order valence-corrected chi connectivity index (χ2v) is 10.7. The van der Waals surface area contributed by atoms with Gasteiger partial charge < -0.3 is 5.32 Å². The van der Waals surface area contributed by atoms with Crippen molar-refractivity contribution in [2.45, 2.75) is 32.4 Å². The monoisotopic (exact) mass is 472 g/mol. The first-order chi connectivity index (χ1) is 16.4. The maximum atomic E-state index is 12.8. The van der Waals surface area contributed by atoms with E-state index >= 15 is 0 Å². The van der Waals surface area contributed by atoms with Gasteiger partial charge in [-0.25, -0.2) is 4.98 Å². The molecule has 4 aromatic rings. The van der Waals surface area contributed by atoms with Gasteiger partial charge in [0.15, 0.2) is 0 Å². The first-order valence-corrected chi connectivity index (χ1v) is 12.9. The highest BCUT2D eigenvalue weighted by Gasteiger charge is 2.22. The summed E-state index contributed by atoms with van der Waals surface area (Å²) in [5, 5.41) is 4.43. The third-order valence-corrected chi connectivity index (χ3v) is 7.77. The van der Waals surface area contributed by atoms with Crippen LogP contribution in [0.3, 0.4) is 0 Å². The quantitative estimate of drug-likeness (QED) is 0.376. The van der Waals surface area contributed by atoms with E-state index in [4.69, 9.17) is 4.98 Å². The number of aryl methyl sites for hydroxylation is 2. The van der Waals surface area contributed by atoms with Crippen molar-refractivity contribution in [1.82, 2.24) is 9.29 Å². The lowest BCUT2D eigenvalue weighted by molar-refractivity contribution is 0.471. The number of aromatic nitrogens is 1. The summed E-state index contributed by atoms with van der Waals surface area (Å²) in [6.07, 6.45) is 2.12. The first-order valence-electron chi connectivity index (χ1n) is 11.4. The predicted octanol–water partition coefficient (Wildman–Crippen LogP) is 5.43. The Labute approximate surface area is 200 Å². The van der Waals surface area contributed by atoms with Crippen LogP contribution in [0.4, 0.5) is 11.5 Å². The van der Waals surface area contributed by atoms with Crippen LogP contribution in [0.1, 0.15) is 34.7 Å². The molecule has 5 rings (SSSR count). The van der Waals surface area contributed by atoms with Gasteiger partial charge in [0.1, 0.15) is 5.82 Å². The Balaban J connectivity index is 1.29. The van der Waals surface area contributed by atoms with Crippen molar-refractivity contribution < 1.29 is 8.42 Å². The predicted molar refractivity (Wildman–Crippen MR) is 138 cm³/mol. The number of nitrogens with zero attached hydrogens (tertiary/aromatic N) is 2. The van der Waals surface area contributed by atoms with Gasteiger partial charge in [0, 0.05) is 19.0 Å². The molecular formula is C27H28N4O2S. The fourth-order valence-corrected chi connectivity index (χ4v) is 5.32. The molecule has 34 heavy (non-hydrogen) atoms.